The Morgan fingerprint density at radius 2 is 1.62 bits per heavy atom. The molecular weight excluding hydrogens is 602 g/mol. The summed E-state index contributed by atoms with van der Waals surface area (Å²) in [6.07, 6.45) is 4.16. The second kappa shape index (κ2) is 16.9. The minimum absolute atomic E-state index is 0.0210. The number of ether oxygens (including phenoxy) is 1. The molecule has 13 heteroatoms. The monoisotopic (exact) mass is 647 g/mol. The van der Waals surface area contributed by atoms with Gasteiger partial charge in [-0.2, -0.15) is 0 Å². The molecular formula is C34H45N7O6. The number of hydrogen-bond acceptors (Lipinski definition) is 10. The quantitative estimate of drug-likeness (QED) is 0.173. The summed E-state index contributed by atoms with van der Waals surface area (Å²) in [6.45, 7) is 15.4. The summed E-state index contributed by atoms with van der Waals surface area (Å²) in [5.74, 6) is -0.188. The van der Waals surface area contributed by atoms with Crippen LogP contribution in [0.4, 0.5) is 5.82 Å². The van der Waals surface area contributed by atoms with E-state index < -0.39 is 11.9 Å². The Labute approximate surface area is 275 Å². The molecule has 4 aromatic rings. The summed E-state index contributed by atoms with van der Waals surface area (Å²) < 4.78 is 7.81. The molecule has 1 fully saturated rings. The maximum Gasteiger partial charge on any atom is 0.356 e. The Morgan fingerprint density at radius 3 is 2.17 bits per heavy atom. The summed E-state index contributed by atoms with van der Waals surface area (Å²) >= 11 is 0. The van der Waals surface area contributed by atoms with Crippen molar-refractivity contribution in [1.82, 2.24) is 30.0 Å². The van der Waals surface area contributed by atoms with Gasteiger partial charge >= 0.3 is 5.97 Å². The molecule has 4 N–H and O–H groups in total. The van der Waals surface area contributed by atoms with E-state index in [2.05, 4.69) is 25.5 Å². The highest BCUT2D eigenvalue weighted by Crippen LogP contribution is 2.38. The lowest BCUT2D eigenvalue weighted by atomic mass is 9.98. The highest BCUT2D eigenvalue weighted by atomic mass is 16.5. The Hall–Kier alpha value is -5.20. The van der Waals surface area contributed by atoms with Crippen LogP contribution in [0.3, 0.4) is 0 Å². The third kappa shape index (κ3) is 8.54. The van der Waals surface area contributed by atoms with Crippen molar-refractivity contribution in [3.63, 3.8) is 0 Å². The van der Waals surface area contributed by atoms with Crippen LogP contribution in [-0.2, 0) is 0 Å². The molecule has 0 bridgehead atoms. The predicted octanol–water partition coefficient (Wildman–Crippen LogP) is 5.81. The Morgan fingerprint density at radius 1 is 0.957 bits per heavy atom. The first-order chi connectivity index (χ1) is 22.7. The van der Waals surface area contributed by atoms with Crippen molar-refractivity contribution in [3.8, 4) is 34.3 Å². The minimum Gasteiger partial charge on any atom is -0.508 e. The van der Waals surface area contributed by atoms with Crippen molar-refractivity contribution >= 4 is 17.7 Å². The molecule has 0 radical (unpaired) electrons. The number of carboxylic acids is 1. The lowest BCUT2D eigenvalue weighted by Crippen LogP contribution is -2.38. The highest BCUT2D eigenvalue weighted by molar-refractivity contribution is 5.92. The van der Waals surface area contributed by atoms with Gasteiger partial charge in [-0.15, -0.1) is 10.2 Å². The number of amides is 1. The van der Waals surface area contributed by atoms with Gasteiger partial charge in [-0.05, 0) is 48.7 Å². The minimum atomic E-state index is -1.11. The third-order valence-corrected chi connectivity index (χ3v) is 7.23. The number of aromatic carboxylic acids is 1. The first-order valence-corrected chi connectivity index (χ1v) is 16.0. The second-order valence-corrected chi connectivity index (χ2v) is 10.5. The Kier molecular flexibility index (Phi) is 13.1. The maximum atomic E-state index is 12.9. The summed E-state index contributed by atoms with van der Waals surface area (Å²) in [5.41, 5.74) is 1.45. The van der Waals surface area contributed by atoms with Crippen LogP contribution in [0.2, 0.25) is 0 Å². The van der Waals surface area contributed by atoms with E-state index in [1.807, 2.05) is 46.4 Å². The summed E-state index contributed by atoms with van der Waals surface area (Å²) in [4.78, 5) is 34.1. The van der Waals surface area contributed by atoms with Crippen LogP contribution in [-0.4, -0.2) is 77.7 Å². The molecule has 13 nitrogen and oxygen atoms in total. The molecule has 3 heterocycles. The number of benzene rings is 2. The average molecular weight is 648 g/mol. The van der Waals surface area contributed by atoms with Crippen molar-refractivity contribution in [2.45, 2.75) is 73.3 Å². The number of aromatic hydroxyl groups is 2. The zero-order chi connectivity index (χ0) is 34.7. The molecule has 0 aliphatic carbocycles. The van der Waals surface area contributed by atoms with Crippen molar-refractivity contribution in [1.29, 1.82) is 0 Å². The topological polar surface area (TPSA) is 176 Å². The molecule has 0 unspecified atom stereocenters. The van der Waals surface area contributed by atoms with Crippen molar-refractivity contribution in [2.75, 3.05) is 24.5 Å². The summed E-state index contributed by atoms with van der Waals surface area (Å²) in [7, 11) is 0. The molecule has 1 aliphatic rings. The zero-order valence-corrected chi connectivity index (χ0v) is 28.1. The van der Waals surface area contributed by atoms with Gasteiger partial charge in [-0.25, -0.2) is 14.8 Å². The number of nitrogens with one attached hydrogen (secondary N) is 1. The van der Waals surface area contributed by atoms with Gasteiger partial charge in [0.25, 0.3) is 5.91 Å². The van der Waals surface area contributed by atoms with Crippen molar-refractivity contribution in [3.05, 3.63) is 65.9 Å². The molecule has 0 saturated carbocycles. The number of carboxylic acid groups (broad SMARTS) is 1. The van der Waals surface area contributed by atoms with Gasteiger partial charge in [0.15, 0.2) is 11.5 Å². The number of aromatic nitrogens is 5. The number of carbonyl (C=O) groups is 2. The number of phenols is 2. The molecule has 1 amide bonds. The van der Waals surface area contributed by atoms with Crippen LogP contribution in [0, 0.1) is 0 Å². The van der Waals surface area contributed by atoms with Crippen LogP contribution in [0.25, 0.3) is 17.1 Å². The van der Waals surface area contributed by atoms with Crippen molar-refractivity contribution < 1.29 is 29.6 Å². The number of carbonyl (C=O) groups excluding carboxylic acids is 1. The van der Waals surface area contributed by atoms with Crippen LogP contribution in [0.1, 0.15) is 93.9 Å². The van der Waals surface area contributed by atoms with Crippen LogP contribution in [0.15, 0.2) is 48.8 Å². The van der Waals surface area contributed by atoms with E-state index in [9.17, 15) is 19.8 Å². The van der Waals surface area contributed by atoms with Gasteiger partial charge in [-0.1, -0.05) is 41.5 Å². The fraction of sp³-hybridized carbons (Fsp3) is 0.412. The molecule has 5 rings (SSSR count). The third-order valence-electron chi connectivity index (χ3n) is 7.23. The van der Waals surface area contributed by atoms with E-state index in [4.69, 9.17) is 9.84 Å². The average Bonchev–Trinajstić information content (AvgIpc) is 3.52. The number of rotatable bonds is 9. The van der Waals surface area contributed by atoms with Gasteiger partial charge in [-0.3, -0.25) is 9.36 Å². The van der Waals surface area contributed by atoms with Gasteiger partial charge in [0.05, 0.1) is 18.0 Å². The fourth-order valence-corrected chi connectivity index (χ4v) is 4.99. The van der Waals surface area contributed by atoms with E-state index in [1.165, 1.54) is 18.5 Å². The lowest BCUT2D eigenvalue weighted by Gasteiger charge is -2.32. The van der Waals surface area contributed by atoms with Crippen LogP contribution in [0.5, 0.6) is 17.2 Å². The Bertz CT molecular complexity index is 1610. The van der Waals surface area contributed by atoms with Gasteiger partial charge in [0.1, 0.15) is 29.2 Å². The van der Waals surface area contributed by atoms with E-state index in [0.29, 0.717) is 48.0 Å². The molecule has 1 saturated heterocycles. The fourth-order valence-electron chi connectivity index (χ4n) is 4.99. The SMILES string of the molecule is CC.CC.CCNC(=O)c1nnc(-c2cc(C(C)C)c(O)cc2O)n1-c1ccc(OC2CCN(c3cnc(C(=O)O)cn3)CC2)cc1. The highest BCUT2D eigenvalue weighted by Gasteiger charge is 2.25. The number of anilines is 1. The van der Waals surface area contributed by atoms with Gasteiger partial charge in [0, 0.05) is 44.2 Å². The number of piperidine rings is 1. The lowest BCUT2D eigenvalue weighted by molar-refractivity contribution is 0.0689. The number of hydrogen-bond donors (Lipinski definition) is 4. The first-order valence-electron chi connectivity index (χ1n) is 16.0. The summed E-state index contributed by atoms with van der Waals surface area (Å²) in [6, 6.07) is 10.1. The van der Waals surface area contributed by atoms with Gasteiger partial charge < -0.3 is 30.3 Å². The Balaban J connectivity index is 0.00000144. The summed E-state index contributed by atoms with van der Waals surface area (Å²) in [5, 5.41) is 41.2. The first kappa shape index (κ1) is 36.3. The number of phenolic OH excluding ortho intramolecular Hbond substituents is 2. The van der Waals surface area contributed by atoms with Gasteiger partial charge in [0.2, 0.25) is 5.82 Å². The van der Waals surface area contributed by atoms with E-state index >= 15 is 0 Å². The second-order valence-electron chi connectivity index (χ2n) is 10.5. The smallest absolute Gasteiger partial charge is 0.356 e. The molecule has 0 atom stereocenters. The van der Waals surface area contributed by atoms with E-state index in [0.717, 1.165) is 12.8 Å². The maximum absolute atomic E-state index is 12.9. The predicted molar refractivity (Wildman–Crippen MR) is 180 cm³/mol. The zero-order valence-electron chi connectivity index (χ0n) is 28.1. The molecule has 2 aromatic carbocycles. The van der Waals surface area contributed by atoms with E-state index in [1.54, 1.807) is 41.8 Å². The largest absolute Gasteiger partial charge is 0.508 e. The van der Waals surface area contributed by atoms with Crippen LogP contribution < -0.4 is 15.0 Å². The van der Waals surface area contributed by atoms with Crippen LogP contribution >= 0.6 is 0 Å². The number of nitrogens with zero attached hydrogens (tertiary/aromatic N) is 6. The normalized spacial score (nSPS) is 12.8. The molecule has 47 heavy (non-hydrogen) atoms. The van der Waals surface area contributed by atoms with Crippen molar-refractivity contribution in [2.24, 2.45) is 0 Å². The standard InChI is InChI=1S/C30H33N7O6.2C2H6/c1-4-31-29(40)28-35-34-27(22-13-21(17(2)3)24(38)14-25(22)39)37(28)18-5-7-19(8-6-18)43-20-9-11-36(12-10-20)26-16-32-23(15-33-26)30(41)42;2*1-2/h5-8,13-17,20,38-39H,4,9-12H2,1-3H3,(H,31,40)(H,41,42);2*1-2H3. The van der Waals surface area contributed by atoms with E-state index in [-0.39, 0.29) is 40.9 Å². The molecule has 1 aliphatic heterocycles. The molecule has 2 aromatic heterocycles. The molecule has 0 spiro atoms. The molecule has 252 valence electrons.